The first-order valence-electron chi connectivity index (χ1n) is 12.9. The number of sulfonamides is 1. The van der Waals surface area contributed by atoms with E-state index in [0.717, 1.165) is 59.7 Å². The van der Waals surface area contributed by atoms with Gasteiger partial charge in [0.1, 0.15) is 0 Å². The molecular weight excluding hydrogens is 472 g/mol. The van der Waals surface area contributed by atoms with E-state index in [9.17, 15) is 13.2 Å². The Morgan fingerprint density at radius 3 is 2.50 bits per heavy atom. The number of carbonyl (C=O) groups excluding carboxylic acids is 1. The molecule has 1 saturated heterocycles. The number of pyridine rings is 1. The third-order valence-electron chi connectivity index (χ3n) is 7.26. The fourth-order valence-corrected chi connectivity index (χ4v) is 6.32. The summed E-state index contributed by atoms with van der Waals surface area (Å²) in [5.41, 5.74) is 11.4. The van der Waals surface area contributed by atoms with E-state index in [0.29, 0.717) is 24.1 Å². The number of primary amides is 1. The molecule has 36 heavy (non-hydrogen) atoms. The summed E-state index contributed by atoms with van der Waals surface area (Å²) in [7, 11) is -3.18. The van der Waals surface area contributed by atoms with Crippen LogP contribution in [-0.4, -0.2) is 47.4 Å². The first kappa shape index (κ1) is 26.4. The average Bonchev–Trinajstić information content (AvgIpc) is 3.27. The second-order valence-corrected chi connectivity index (χ2v) is 13.4. The zero-order valence-corrected chi connectivity index (χ0v) is 22.6. The topological polar surface area (TPSA) is 109 Å². The Morgan fingerprint density at radius 1 is 1.14 bits per heavy atom. The van der Waals surface area contributed by atoms with Crippen molar-refractivity contribution in [3.05, 3.63) is 53.5 Å². The van der Waals surface area contributed by atoms with Gasteiger partial charge in [0.25, 0.3) is 5.91 Å². The number of carbonyl (C=O) groups is 1. The van der Waals surface area contributed by atoms with Crippen LogP contribution in [0.2, 0.25) is 0 Å². The Bertz CT molecular complexity index is 1350. The largest absolute Gasteiger partial charge is 0.366 e. The Labute approximate surface area is 214 Å². The molecule has 1 aliphatic rings. The van der Waals surface area contributed by atoms with Crippen LogP contribution in [-0.2, 0) is 16.4 Å². The monoisotopic (exact) mass is 510 g/mol. The molecular formula is C28H38N4O3S. The number of aromatic nitrogens is 2. The van der Waals surface area contributed by atoms with Gasteiger partial charge in [-0.3, -0.25) is 9.78 Å². The number of hydrogen-bond donors (Lipinski definition) is 2. The number of benzene rings is 1. The van der Waals surface area contributed by atoms with Crippen LogP contribution in [0.1, 0.15) is 80.8 Å². The molecule has 0 spiro atoms. The lowest BCUT2D eigenvalue weighted by Crippen LogP contribution is -2.38. The number of rotatable bonds is 8. The van der Waals surface area contributed by atoms with Crippen molar-refractivity contribution >= 4 is 26.8 Å². The molecule has 0 atom stereocenters. The average molecular weight is 511 g/mol. The lowest BCUT2D eigenvalue weighted by Gasteiger charge is -2.31. The molecule has 3 heterocycles. The normalized spacial score (nSPS) is 16.0. The molecule has 1 aromatic carbocycles. The number of amides is 1. The van der Waals surface area contributed by atoms with Crippen molar-refractivity contribution in [2.24, 2.45) is 11.1 Å². The van der Waals surface area contributed by atoms with Crippen molar-refractivity contribution in [2.75, 3.05) is 18.8 Å². The molecule has 2 aromatic heterocycles. The molecule has 8 heteroatoms. The Hall–Kier alpha value is -2.71. The summed E-state index contributed by atoms with van der Waals surface area (Å²) in [6.07, 6.45) is 10.4. The first-order chi connectivity index (χ1) is 17.0. The molecule has 0 radical (unpaired) electrons. The highest BCUT2D eigenvalue weighted by Crippen LogP contribution is 2.37. The van der Waals surface area contributed by atoms with Crippen LogP contribution in [0.15, 0.2) is 36.8 Å². The van der Waals surface area contributed by atoms with Gasteiger partial charge in [-0.25, -0.2) is 12.7 Å². The highest BCUT2D eigenvalue weighted by atomic mass is 32.2. The molecule has 0 bridgehead atoms. The molecule has 1 aliphatic heterocycles. The summed E-state index contributed by atoms with van der Waals surface area (Å²) in [6.45, 7) is 9.46. The summed E-state index contributed by atoms with van der Waals surface area (Å²) in [5.74, 6) is -0.146. The van der Waals surface area contributed by atoms with Crippen LogP contribution in [0, 0.1) is 5.41 Å². The zero-order chi connectivity index (χ0) is 26.1. The SMILES string of the molecule is CCS(=O)(=O)N1CCC(c2c[nH]c3c(C(N)=O)cc(-c4cncc(CCCC(C)(C)C)c4)cc23)CC1. The van der Waals surface area contributed by atoms with Gasteiger partial charge >= 0.3 is 0 Å². The standard InChI is InChI=1S/C28H38N4O3S/c1-5-36(34,35)32-11-8-20(9-12-32)25-18-31-26-23(25)14-21(15-24(26)27(29)33)22-13-19(16-30-17-22)7-6-10-28(2,3)4/h13-18,20,31H,5-12H2,1-4H3,(H2,29,33). The van der Waals surface area contributed by atoms with E-state index in [1.165, 1.54) is 5.56 Å². The molecule has 0 unspecified atom stereocenters. The molecule has 0 aliphatic carbocycles. The maximum absolute atomic E-state index is 12.4. The van der Waals surface area contributed by atoms with Crippen LogP contribution in [0.5, 0.6) is 0 Å². The number of aromatic amines is 1. The van der Waals surface area contributed by atoms with Gasteiger partial charge in [0.2, 0.25) is 10.0 Å². The van der Waals surface area contributed by atoms with E-state index in [4.69, 9.17) is 5.73 Å². The van der Waals surface area contributed by atoms with Crippen LogP contribution in [0.25, 0.3) is 22.0 Å². The fourth-order valence-electron chi connectivity index (χ4n) is 5.18. The van der Waals surface area contributed by atoms with Gasteiger partial charge in [-0.1, -0.05) is 20.8 Å². The minimum absolute atomic E-state index is 0.124. The van der Waals surface area contributed by atoms with E-state index in [1.807, 2.05) is 24.7 Å². The fraction of sp³-hybridized carbons (Fsp3) is 0.500. The van der Waals surface area contributed by atoms with Crippen LogP contribution in [0.4, 0.5) is 0 Å². The van der Waals surface area contributed by atoms with Crippen molar-refractivity contribution < 1.29 is 13.2 Å². The van der Waals surface area contributed by atoms with Crippen molar-refractivity contribution in [1.82, 2.24) is 14.3 Å². The minimum Gasteiger partial charge on any atom is -0.366 e. The van der Waals surface area contributed by atoms with E-state index in [-0.39, 0.29) is 11.7 Å². The maximum atomic E-state index is 12.4. The predicted molar refractivity (Wildman–Crippen MR) is 145 cm³/mol. The highest BCUT2D eigenvalue weighted by molar-refractivity contribution is 7.89. The molecule has 7 nitrogen and oxygen atoms in total. The lowest BCUT2D eigenvalue weighted by molar-refractivity contribution is 0.100. The lowest BCUT2D eigenvalue weighted by atomic mass is 9.88. The van der Waals surface area contributed by atoms with Gasteiger partial charge in [0.15, 0.2) is 0 Å². The van der Waals surface area contributed by atoms with Crippen molar-refractivity contribution in [3.8, 4) is 11.1 Å². The second kappa shape index (κ2) is 10.3. The number of H-pyrrole nitrogens is 1. The summed E-state index contributed by atoms with van der Waals surface area (Å²) in [6, 6.07) is 6.11. The van der Waals surface area contributed by atoms with E-state index in [2.05, 4.69) is 42.9 Å². The van der Waals surface area contributed by atoms with Gasteiger partial charge in [-0.2, -0.15) is 0 Å². The van der Waals surface area contributed by atoms with Gasteiger partial charge in [0.05, 0.1) is 16.8 Å². The predicted octanol–water partition coefficient (Wildman–Crippen LogP) is 5.23. The highest BCUT2D eigenvalue weighted by Gasteiger charge is 2.29. The number of aryl methyl sites for hydroxylation is 1. The molecule has 1 amide bonds. The molecule has 3 N–H and O–H groups in total. The molecule has 3 aromatic rings. The van der Waals surface area contributed by atoms with Crippen molar-refractivity contribution in [2.45, 2.75) is 65.7 Å². The van der Waals surface area contributed by atoms with Gasteiger partial charge in [-0.05, 0) is 85.3 Å². The number of hydrogen-bond acceptors (Lipinski definition) is 4. The number of piperidine rings is 1. The van der Waals surface area contributed by atoms with Gasteiger partial charge in [0, 0.05) is 42.6 Å². The molecule has 194 valence electrons. The third-order valence-corrected chi connectivity index (χ3v) is 9.14. The molecule has 4 rings (SSSR count). The van der Waals surface area contributed by atoms with Gasteiger partial charge in [-0.15, -0.1) is 0 Å². The molecule has 1 fully saturated rings. The van der Waals surface area contributed by atoms with E-state index >= 15 is 0 Å². The van der Waals surface area contributed by atoms with Crippen molar-refractivity contribution in [3.63, 3.8) is 0 Å². The zero-order valence-electron chi connectivity index (χ0n) is 21.8. The Balaban J connectivity index is 1.65. The van der Waals surface area contributed by atoms with Crippen LogP contribution < -0.4 is 5.73 Å². The minimum atomic E-state index is -3.18. The maximum Gasteiger partial charge on any atom is 0.250 e. The quantitative estimate of drug-likeness (QED) is 0.433. The number of nitrogens with two attached hydrogens (primary N) is 1. The summed E-state index contributed by atoms with van der Waals surface area (Å²) < 4.78 is 26.2. The number of fused-ring (bicyclic) bond motifs is 1. The van der Waals surface area contributed by atoms with Crippen LogP contribution in [0.3, 0.4) is 0 Å². The smallest absolute Gasteiger partial charge is 0.250 e. The number of nitrogens with zero attached hydrogens (tertiary/aromatic N) is 2. The molecule has 0 saturated carbocycles. The first-order valence-corrected chi connectivity index (χ1v) is 14.5. The summed E-state index contributed by atoms with van der Waals surface area (Å²) in [5, 5.41) is 0.969. The summed E-state index contributed by atoms with van der Waals surface area (Å²) in [4.78, 5) is 20.1. The van der Waals surface area contributed by atoms with Crippen LogP contribution >= 0.6 is 0 Å². The third kappa shape index (κ3) is 5.81. The second-order valence-electron chi connectivity index (χ2n) is 11.1. The summed E-state index contributed by atoms with van der Waals surface area (Å²) >= 11 is 0. The van der Waals surface area contributed by atoms with E-state index < -0.39 is 15.9 Å². The van der Waals surface area contributed by atoms with Gasteiger partial charge < -0.3 is 10.7 Å². The van der Waals surface area contributed by atoms with E-state index in [1.54, 1.807) is 11.2 Å². The van der Waals surface area contributed by atoms with Crippen molar-refractivity contribution in [1.29, 1.82) is 0 Å². The Morgan fingerprint density at radius 2 is 1.86 bits per heavy atom. The number of nitrogens with one attached hydrogen (secondary N) is 1. The Kier molecular flexibility index (Phi) is 7.57.